The highest BCUT2D eigenvalue weighted by Crippen LogP contribution is 2.25. The minimum atomic E-state index is -3.35. The highest BCUT2D eigenvalue weighted by atomic mass is 32.2. The van der Waals surface area contributed by atoms with Crippen LogP contribution in [-0.2, 0) is 10.0 Å². The van der Waals surface area contributed by atoms with Gasteiger partial charge < -0.3 is 5.32 Å². The van der Waals surface area contributed by atoms with Crippen molar-refractivity contribution >= 4 is 27.3 Å². The molecule has 1 heterocycles. The van der Waals surface area contributed by atoms with Crippen molar-refractivity contribution in [3.8, 4) is 11.3 Å². The summed E-state index contributed by atoms with van der Waals surface area (Å²) >= 11 is 0. The van der Waals surface area contributed by atoms with Crippen LogP contribution in [0.2, 0.25) is 0 Å². The number of sulfonamides is 1. The summed E-state index contributed by atoms with van der Waals surface area (Å²) in [5.74, 6) is -0.281. The van der Waals surface area contributed by atoms with E-state index in [4.69, 9.17) is 0 Å². The van der Waals surface area contributed by atoms with Gasteiger partial charge >= 0.3 is 0 Å². The third-order valence-corrected chi connectivity index (χ3v) is 4.49. The van der Waals surface area contributed by atoms with E-state index in [1.54, 1.807) is 30.5 Å². The third-order valence-electron chi connectivity index (χ3n) is 3.89. The molecule has 138 valence electrons. The van der Waals surface area contributed by atoms with Crippen LogP contribution < -0.4 is 10.0 Å². The summed E-state index contributed by atoms with van der Waals surface area (Å²) in [6.45, 7) is 1.99. The SMILES string of the molecule is Cc1ccc(NC(=O)c2ccc(NS(C)(=O)=O)cc2)cc1-c1ccccn1. The second kappa shape index (κ2) is 7.59. The summed E-state index contributed by atoms with van der Waals surface area (Å²) in [4.78, 5) is 16.8. The Kier molecular flexibility index (Phi) is 5.23. The molecule has 0 bridgehead atoms. The Labute approximate surface area is 158 Å². The van der Waals surface area contributed by atoms with Crippen LogP contribution >= 0.6 is 0 Å². The Morgan fingerprint density at radius 2 is 1.67 bits per heavy atom. The fraction of sp³-hybridized carbons (Fsp3) is 0.100. The quantitative estimate of drug-likeness (QED) is 0.706. The van der Waals surface area contributed by atoms with E-state index in [0.717, 1.165) is 23.1 Å². The molecule has 0 atom stereocenters. The number of carbonyl (C=O) groups excluding carboxylic acids is 1. The Hall–Kier alpha value is -3.19. The van der Waals surface area contributed by atoms with Crippen LogP contribution in [-0.4, -0.2) is 25.6 Å². The van der Waals surface area contributed by atoms with Crippen molar-refractivity contribution in [2.45, 2.75) is 6.92 Å². The lowest BCUT2D eigenvalue weighted by atomic mass is 10.0. The topological polar surface area (TPSA) is 88.2 Å². The second-order valence-electron chi connectivity index (χ2n) is 6.15. The number of rotatable bonds is 5. The van der Waals surface area contributed by atoms with E-state index in [1.807, 2.05) is 43.3 Å². The van der Waals surface area contributed by atoms with Crippen molar-refractivity contribution < 1.29 is 13.2 Å². The van der Waals surface area contributed by atoms with Crippen LogP contribution in [0.1, 0.15) is 15.9 Å². The first kappa shape index (κ1) is 18.6. The summed E-state index contributed by atoms with van der Waals surface area (Å²) in [5.41, 5.74) is 4.33. The summed E-state index contributed by atoms with van der Waals surface area (Å²) in [6, 6.07) is 17.6. The number of aryl methyl sites for hydroxylation is 1. The van der Waals surface area contributed by atoms with Gasteiger partial charge in [0.05, 0.1) is 11.9 Å². The molecule has 3 rings (SSSR count). The third kappa shape index (κ3) is 4.92. The van der Waals surface area contributed by atoms with E-state index in [0.29, 0.717) is 16.9 Å². The van der Waals surface area contributed by atoms with Gasteiger partial charge in [-0.25, -0.2) is 8.42 Å². The number of aromatic nitrogens is 1. The number of benzene rings is 2. The van der Waals surface area contributed by atoms with E-state index in [9.17, 15) is 13.2 Å². The molecule has 0 radical (unpaired) electrons. The zero-order valence-electron chi connectivity index (χ0n) is 14.9. The largest absolute Gasteiger partial charge is 0.322 e. The summed E-state index contributed by atoms with van der Waals surface area (Å²) < 4.78 is 24.8. The number of amides is 1. The van der Waals surface area contributed by atoms with Crippen molar-refractivity contribution in [3.63, 3.8) is 0 Å². The van der Waals surface area contributed by atoms with E-state index in [1.165, 1.54) is 0 Å². The lowest BCUT2D eigenvalue weighted by Crippen LogP contribution is -2.13. The van der Waals surface area contributed by atoms with Crippen molar-refractivity contribution in [2.75, 3.05) is 16.3 Å². The fourth-order valence-electron chi connectivity index (χ4n) is 2.60. The van der Waals surface area contributed by atoms with Crippen LogP contribution in [0.25, 0.3) is 11.3 Å². The lowest BCUT2D eigenvalue weighted by Gasteiger charge is -2.10. The number of carbonyl (C=O) groups is 1. The molecule has 0 fully saturated rings. The maximum Gasteiger partial charge on any atom is 0.255 e. The number of hydrogen-bond acceptors (Lipinski definition) is 4. The van der Waals surface area contributed by atoms with Gasteiger partial charge in [-0.1, -0.05) is 12.1 Å². The number of hydrogen-bond donors (Lipinski definition) is 2. The maximum absolute atomic E-state index is 12.5. The van der Waals surface area contributed by atoms with Crippen molar-refractivity contribution in [3.05, 3.63) is 78.0 Å². The summed E-state index contributed by atoms with van der Waals surface area (Å²) in [6.07, 6.45) is 2.80. The first-order valence-electron chi connectivity index (χ1n) is 8.23. The van der Waals surface area contributed by atoms with Crippen molar-refractivity contribution in [1.82, 2.24) is 4.98 Å². The first-order chi connectivity index (χ1) is 12.8. The number of pyridine rings is 1. The van der Waals surface area contributed by atoms with E-state index >= 15 is 0 Å². The molecule has 1 aromatic heterocycles. The molecule has 0 aliphatic rings. The van der Waals surface area contributed by atoms with Crippen LogP contribution in [0.15, 0.2) is 66.9 Å². The van der Waals surface area contributed by atoms with E-state index in [2.05, 4.69) is 15.0 Å². The van der Waals surface area contributed by atoms with Gasteiger partial charge in [0.1, 0.15) is 0 Å². The van der Waals surface area contributed by atoms with Crippen LogP contribution in [0, 0.1) is 6.92 Å². The Morgan fingerprint density at radius 1 is 0.963 bits per heavy atom. The Balaban J connectivity index is 1.78. The van der Waals surface area contributed by atoms with Crippen molar-refractivity contribution in [2.24, 2.45) is 0 Å². The number of anilines is 2. The second-order valence-corrected chi connectivity index (χ2v) is 7.90. The average Bonchev–Trinajstić information content (AvgIpc) is 2.63. The zero-order chi connectivity index (χ0) is 19.4. The molecule has 2 N–H and O–H groups in total. The molecule has 0 saturated heterocycles. The molecule has 6 nitrogen and oxygen atoms in total. The molecule has 0 aliphatic heterocycles. The molecular formula is C20H19N3O3S. The van der Waals surface area contributed by atoms with Crippen molar-refractivity contribution in [1.29, 1.82) is 0 Å². The highest BCUT2D eigenvalue weighted by Gasteiger charge is 2.10. The van der Waals surface area contributed by atoms with Gasteiger partial charge in [0.2, 0.25) is 10.0 Å². The molecule has 7 heteroatoms. The monoisotopic (exact) mass is 381 g/mol. The molecule has 0 aliphatic carbocycles. The highest BCUT2D eigenvalue weighted by molar-refractivity contribution is 7.92. The first-order valence-corrected chi connectivity index (χ1v) is 10.1. The van der Waals surface area contributed by atoms with Crippen LogP contribution in [0.3, 0.4) is 0 Å². The van der Waals surface area contributed by atoms with Gasteiger partial charge in [0, 0.05) is 28.7 Å². The normalized spacial score (nSPS) is 11.0. The summed E-state index contributed by atoms with van der Waals surface area (Å²) in [5, 5.41) is 2.86. The Bertz CT molecular complexity index is 1060. The Morgan fingerprint density at radius 3 is 2.30 bits per heavy atom. The zero-order valence-corrected chi connectivity index (χ0v) is 15.7. The van der Waals surface area contributed by atoms with Gasteiger partial charge in [0.15, 0.2) is 0 Å². The van der Waals surface area contributed by atoms with Crippen LogP contribution in [0.4, 0.5) is 11.4 Å². The predicted octanol–water partition coefficient (Wildman–Crippen LogP) is 3.68. The molecule has 0 saturated carbocycles. The van der Waals surface area contributed by atoms with E-state index < -0.39 is 10.0 Å². The molecular weight excluding hydrogens is 362 g/mol. The average molecular weight is 381 g/mol. The molecule has 2 aromatic carbocycles. The van der Waals surface area contributed by atoms with Gasteiger partial charge in [-0.05, 0) is 61.0 Å². The number of nitrogens with zero attached hydrogens (tertiary/aromatic N) is 1. The van der Waals surface area contributed by atoms with Gasteiger partial charge in [0.25, 0.3) is 5.91 Å². The molecule has 0 unspecified atom stereocenters. The lowest BCUT2D eigenvalue weighted by molar-refractivity contribution is 0.102. The van der Waals surface area contributed by atoms with E-state index in [-0.39, 0.29) is 5.91 Å². The predicted molar refractivity (Wildman–Crippen MR) is 107 cm³/mol. The standard InChI is InChI=1S/C20H19N3O3S/c1-14-6-9-17(13-18(14)19-5-3-4-12-21-19)22-20(24)15-7-10-16(11-8-15)23-27(2,25)26/h3-13,23H,1-2H3,(H,22,24). The fourth-order valence-corrected chi connectivity index (χ4v) is 3.17. The molecule has 0 spiro atoms. The maximum atomic E-state index is 12.5. The van der Waals surface area contributed by atoms with Gasteiger partial charge in [-0.3, -0.25) is 14.5 Å². The smallest absolute Gasteiger partial charge is 0.255 e. The molecule has 27 heavy (non-hydrogen) atoms. The number of nitrogens with one attached hydrogen (secondary N) is 2. The van der Waals surface area contributed by atoms with Gasteiger partial charge in [-0.15, -0.1) is 0 Å². The molecule has 1 amide bonds. The summed E-state index contributed by atoms with van der Waals surface area (Å²) in [7, 11) is -3.35. The minimum absolute atomic E-state index is 0.281. The van der Waals surface area contributed by atoms with Crippen LogP contribution in [0.5, 0.6) is 0 Å². The minimum Gasteiger partial charge on any atom is -0.322 e. The molecule has 3 aromatic rings. The van der Waals surface area contributed by atoms with Gasteiger partial charge in [-0.2, -0.15) is 0 Å².